The van der Waals surface area contributed by atoms with Crippen LogP contribution in [0.2, 0.25) is 0 Å². The van der Waals surface area contributed by atoms with E-state index in [1.165, 1.54) is 116 Å². The lowest BCUT2D eigenvalue weighted by Gasteiger charge is -2.05. The van der Waals surface area contributed by atoms with E-state index in [1.54, 1.807) is 0 Å². The zero-order chi connectivity index (χ0) is 24.2. The summed E-state index contributed by atoms with van der Waals surface area (Å²) < 4.78 is 5.32. The van der Waals surface area contributed by atoms with Crippen molar-refractivity contribution in [2.24, 2.45) is 0 Å². The molecule has 33 heavy (non-hydrogen) atoms. The van der Waals surface area contributed by atoms with Gasteiger partial charge in [-0.2, -0.15) is 0 Å². The van der Waals surface area contributed by atoms with E-state index >= 15 is 0 Å². The highest BCUT2D eigenvalue weighted by atomic mass is 16.5. The van der Waals surface area contributed by atoms with Crippen molar-refractivity contribution in [1.82, 2.24) is 0 Å². The highest BCUT2D eigenvalue weighted by Gasteiger charge is 2.06. The molecular weight excluding hydrogens is 408 g/mol. The van der Waals surface area contributed by atoms with Crippen LogP contribution in [0.15, 0.2) is 0 Å². The number of ketones is 1. The fourth-order valence-electron chi connectivity index (χ4n) is 4.39. The average Bonchev–Trinajstić information content (AvgIpc) is 2.81. The Morgan fingerprint density at radius 1 is 0.424 bits per heavy atom. The second-order valence-corrected chi connectivity index (χ2v) is 10.1. The first-order valence-electron chi connectivity index (χ1n) is 14.9. The lowest BCUT2D eigenvalue weighted by Crippen LogP contribution is -2.07. The normalized spacial score (nSPS) is 11.1. The van der Waals surface area contributed by atoms with E-state index in [0.29, 0.717) is 38.1 Å². The van der Waals surface area contributed by atoms with Gasteiger partial charge in [-0.15, -0.1) is 0 Å². The molecule has 0 amide bonds. The van der Waals surface area contributed by atoms with Crippen LogP contribution >= 0.6 is 0 Å². The van der Waals surface area contributed by atoms with E-state index in [0.717, 1.165) is 19.3 Å². The molecule has 0 aliphatic rings. The maximum Gasteiger partial charge on any atom is 0.305 e. The van der Waals surface area contributed by atoms with Gasteiger partial charge in [-0.25, -0.2) is 0 Å². The molecule has 3 nitrogen and oxygen atoms in total. The average molecular weight is 467 g/mol. The van der Waals surface area contributed by atoms with Crippen molar-refractivity contribution in [2.45, 2.75) is 174 Å². The van der Waals surface area contributed by atoms with E-state index in [2.05, 4.69) is 13.8 Å². The Hall–Kier alpha value is -0.860. The third-order valence-electron chi connectivity index (χ3n) is 6.66. The molecule has 0 aromatic rings. The van der Waals surface area contributed by atoms with Crippen LogP contribution < -0.4 is 0 Å². The molecule has 0 radical (unpaired) electrons. The maximum absolute atomic E-state index is 12.0. The van der Waals surface area contributed by atoms with Gasteiger partial charge < -0.3 is 4.74 Å². The Balaban J connectivity index is 3.29. The fraction of sp³-hybridized carbons (Fsp3) is 0.933. The van der Waals surface area contributed by atoms with Crippen LogP contribution in [0.3, 0.4) is 0 Å². The number of unbranched alkanes of at least 4 members (excludes halogenated alkanes) is 19. The van der Waals surface area contributed by atoms with Crippen LogP contribution in [0.5, 0.6) is 0 Å². The fourth-order valence-corrected chi connectivity index (χ4v) is 4.39. The van der Waals surface area contributed by atoms with Gasteiger partial charge in [-0.05, 0) is 19.3 Å². The Kier molecular flexibility index (Phi) is 26.7. The SMILES string of the molecule is CCCCCCCCCCCCCC(=O)CCCC(=O)OCCCCCCCCCCCC. The van der Waals surface area contributed by atoms with E-state index in [4.69, 9.17) is 4.74 Å². The van der Waals surface area contributed by atoms with Crippen molar-refractivity contribution in [2.75, 3.05) is 6.61 Å². The van der Waals surface area contributed by atoms with Gasteiger partial charge in [0.15, 0.2) is 0 Å². The van der Waals surface area contributed by atoms with E-state index < -0.39 is 0 Å². The van der Waals surface area contributed by atoms with E-state index in [9.17, 15) is 9.59 Å². The molecular formula is C30H58O3. The third kappa shape index (κ3) is 27.3. The zero-order valence-electron chi connectivity index (χ0n) is 22.6. The number of esters is 1. The smallest absolute Gasteiger partial charge is 0.305 e. The van der Waals surface area contributed by atoms with Crippen molar-refractivity contribution >= 4 is 11.8 Å². The summed E-state index contributed by atoms with van der Waals surface area (Å²) in [6.07, 6.45) is 29.5. The van der Waals surface area contributed by atoms with Gasteiger partial charge in [0.1, 0.15) is 5.78 Å². The molecule has 0 aromatic carbocycles. The summed E-state index contributed by atoms with van der Waals surface area (Å²) in [5.74, 6) is 0.182. The Bertz CT molecular complexity index is 381. The molecule has 0 fully saturated rings. The maximum atomic E-state index is 12.0. The Morgan fingerprint density at radius 3 is 1.24 bits per heavy atom. The predicted molar refractivity (Wildman–Crippen MR) is 143 cm³/mol. The summed E-state index contributed by atoms with van der Waals surface area (Å²) in [6, 6.07) is 0. The van der Waals surface area contributed by atoms with Crippen LogP contribution in [0.4, 0.5) is 0 Å². The molecule has 196 valence electrons. The second-order valence-electron chi connectivity index (χ2n) is 10.1. The topological polar surface area (TPSA) is 43.4 Å². The zero-order valence-corrected chi connectivity index (χ0v) is 22.6. The number of Topliss-reactive ketones (excluding diaryl/α,β-unsaturated/α-hetero) is 1. The molecule has 0 atom stereocenters. The number of hydrogen-bond donors (Lipinski definition) is 0. The van der Waals surface area contributed by atoms with E-state index in [1.807, 2.05) is 0 Å². The first kappa shape index (κ1) is 32.1. The van der Waals surface area contributed by atoms with Crippen molar-refractivity contribution in [1.29, 1.82) is 0 Å². The minimum atomic E-state index is -0.131. The number of carbonyl (C=O) groups is 2. The highest BCUT2D eigenvalue weighted by molar-refractivity contribution is 5.79. The molecule has 0 bridgehead atoms. The molecule has 0 unspecified atom stereocenters. The molecule has 0 saturated heterocycles. The highest BCUT2D eigenvalue weighted by Crippen LogP contribution is 2.13. The molecule has 0 aliphatic carbocycles. The third-order valence-corrected chi connectivity index (χ3v) is 6.66. The first-order chi connectivity index (χ1) is 16.2. The quantitative estimate of drug-likeness (QED) is 0.0893. The largest absolute Gasteiger partial charge is 0.466 e. The summed E-state index contributed by atoms with van der Waals surface area (Å²) in [5, 5.41) is 0. The van der Waals surface area contributed by atoms with Crippen LogP contribution in [0, 0.1) is 0 Å². The molecule has 0 rings (SSSR count). The van der Waals surface area contributed by atoms with Gasteiger partial charge in [0.25, 0.3) is 0 Å². The van der Waals surface area contributed by atoms with Crippen LogP contribution in [-0.2, 0) is 14.3 Å². The van der Waals surface area contributed by atoms with Crippen LogP contribution in [0.25, 0.3) is 0 Å². The molecule has 0 aromatic heterocycles. The van der Waals surface area contributed by atoms with Gasteiger partial charge in [0, 0.05) is 19.3 Å². The summed E-state index contributed by atoms with van der Waals surface area (Å²) in [6.45, 7) is 5.06. The molecule has 0 N–H and O–H groups in total. The molecule has 3 heteroatoms. The number of hydrogen-bond acceptors (Lipinski definition) is 3. The van der Waals surface area contributed by atoms with Gasteiger partial charge >= 0.3 is 5.97 Å². The summed E-state index contributed by atoms with van der Waals surface area (Å²) >= 11 is 0. The minimum Gasteiger partial charge on any atom is -0.466 e. The van der Waals surface area contributed by atoms with Crippen molar-refractivity contribution < 1.29 is 14.3 Å². The first-order valence-corrected chi connectivity index (χ1v) is 14.9. The van der Waals surface area contributed by atoms with Crippen molar-refractivity contribution in [3.05, 3.63) is 0 Å². The minimum absolute atomic E-state index is 0.131. The number of ether oxygens (including phenoxy) is 1. The predicted octanol–water partition coefficient (Wildman–Crippen LogP) is 9.89. The van der Waals surface area contributed by atoms with Crippen molar-refractivity contribution in [3.8, 4) is 0 Å². The summed E-state index contributed by atoms with van der Waals surface area (Å²) in [4.78, 5) is 23.8. The van der Waals surface area contributed by atoms with Crippen LogP contribution in [0.1, 0.15) is 174 Å². The standard InChI is InChI=1S/C30H58O3/c1-3-5-7-9-11-13-15-16-18-20-22-25-29(31)26-24-27-30(32)33-28-23-21-19-17-14-12-10-8-6-4-2/h3-28H2,1-2H3. The lowest BCUT2D eigenvalue weighted by atomic mass is 10.0. The Labute approximate surface area is 207 Å². The second kappa shape index (κ2) is 27.4. The monoisotopic (exact) mass is 466 g/mol. The summed E-state index contributed by atoms with van der Waals surface area (Å²) in [5.41, 5.74) is 0. The Morgan fingerprint density at radius 2 is 0.788 bits per heavy atom. The number of carbonyl (C=O) groups excluding carboxylic acids is 2. The molecule has 0 aliphatic heterocycles. The van der Waals surface area contributed by atoms with Crippen LogP contribution in [-0.4, -0.2) is 18.4 Å². The van der Waals surface area contributed by atoms with Gasteiger partial charge in [0.05, 0.1) is 6.61 Å². The molecule has 0 spiro atoms. The van der Waals surface area contributed by atoms with Gasteiger partial charge in [0.2, 0.25) is 0 Å². The van der Waals surface area contributed by atoms with Gasteiger partial charge in [-0.3, -0.25) is 9.59 Å². The lowest BCUT2D eigenvalue weighted by molar-refractivity contribution is -0.143. The van der Waals surface area contributed by atoms with Crippen molar-refractivity contribution in [3.63, 3.8) is 0 Å². The molecule has 0 saturated carbocycles. The van der Waals surface area contributed by atoms with E-state index in [-0.39, 0.29) is 5.97 Å². The number of rotatable bonds is 27. The van der Waals surface area contributed by atoms with Gasteiger partial charge in [-0.1, -0.05) is 136 Å². The molecule has 0 heterocycles. The summed E-state index contributed by atoms with van der Waals surface area (Å²) in [7, 11) is 0.